The summed E-state index contributed by atoms with van der Waals surface area (Å²) in [6, 6.07) is 5.04. The van der Waals surface area contributed by atoms with Crippen molar-refractivity contribution in [3.63, 3.8) is 0 Å². The van der Waals surface area contributed by atoms with E-state index in [9.17, 15) is 14.7 Å². The van der Waals surface area contributed by atoms with Gasteiger partial charge in [-0.3, -0.25) is 9.59 Å². The fourth-order valence-corrected chi connectivity index (χ4v) is 3.85. The highest BCUT2D eigenvalue weighted by Crippen LogP contribution is 2.26. The third-order valence-corrected chi connectivity index (χ3v) is 6.13. The van der Waals surface area contributed by atoms with Gasteiger partial charge >= 0.3 is 0 Å². The molecular weight excluding hydrogens is 500 g/mol. The van der Waals surface area contributed by atoms with Crippen molar-refractivity contribution in [3.8, 4) is 11.5 Å². The highest BCUT2D eigenvalue weighted by Gasteiger charge is 2.01. The number of allylic oxidation sites excluding steroid dienone is 8. The molecule has 0 aliphatic heterocycles. The van der Waals surface area contributed by atoms with Crippen LogP contribution in [0.1, 0.15) is 89.5 Å². The Hall–Kier alpha value is -3.54. The van der Waals surface area contributed by atoms with E-state index in [0.29, 0.717) is 25.3 Å². The van der Waals surface area contributed by atoms with Gasteiger partial charge in [0.05, 0.1) is 7.11 Å². The molecular formula is C34H50N2O4. The number of rotatable bonds is 22. The zero-order valence-corrected chi connectivity index (χ0v) is 24.6. The molecule has 0 aromatic heterocycles. The molecule has 0 saturated carbocycles. The second-order valence-corrected chi connectivity index (χ2v) is 9.60. The number of phenolic OH excluding ortho intramolecular Hbond substituents is 1. The van der Waals surface area contributed by atoms with E-state index in [1.165, 1.54) is 32.4 Å². The fraction of sp³-hybridized carbons (Fsp3) is 0.471. The van der Waals surface area contributed by atoms with Crippen molar-refractivity contribution in [1.82, 2.24) is 10.6 Å². The molecule has 0 saturated heterocycles. The quantitative estimate of drug-likeness (QED) is 0.0601. The average molecular weight is 551 g/mol. The first-order valence-corrected chi connectivity index (χ1v) is 14.8. The van der Waals surface area contributed by atoms with Crippen LogP contribution in [-0.2, 0) is 9.59 Å². The molecule has 2 amide bonds. The average Bonchev–Trinajstić information content (AvgIpc) is 2.95. The largest absolute Gasteiger partial charge is 0.504 e. The summed E-state index contributed by atoms with van der Waals surface area (Å²) in [5.41, 5.74) is 0.857. The Bertz CT molecular complexity index is 976. The molecule has 3 N–H and O–H groups in total. The summed E-state index contributed by atoms with van der Waals surface area (Å²) < 4.78 is 5.08. The van der Waals surface area contributed by atoms with Gasteiger partial charge in [0.25, 0.3) is 0 Å². The molecule has 0 bridgehead atoms. The summed E-state index contributed by atoms with van der Waals surface area (Å²) in [6.07, 6.45) is 32.2. The Balaban J connectivity index is 1.95. The first-order chi connectivity index (χ1) is 19.6. The summed E-state index contributed by atoms with van der Waals surface area (Å²) in [5.74, 6) is 0.452. The monoisotopic (exact) mass is 550 g/mol. The molecule has 0 heterocycles. The second-order valence-electron chi connectivity index (χ2n) is 9.60. The SMILES string of the molecule is CCC=CCC=CCC=CCCCCCCCC(=O)NCCCCNC(=O)C=CC=Cc1ccc(O)c(OC)c1. The van der Waals surface area contributed by atoms with E-state index in [4.69, 9.17) is 4.74 Å². The fourth-order valence-electron chi connectivity index (χ4n) is 3.85. The molecule has 0 radical (unpaired) electrons. The molecule has 1 rings (SSSR count). The third-order valence-electron chi connectivity index (χ3n) is 6.13. The molecule has 0 fully saturated rings. The van der Waals surface area contributed by atoms with Crippen molar-refractivity contribution in [1.29, 1.82) is 0 Å². The van der Waals surface area contributed by atoms with Gasteiger partial charge in [-0.05, 0) is 69.1 Å². The number of aromatic hydroxyl groups is 1. The molecule has 0 aliphatic carbocycles. The summed E-state index contributed by atoms with van der Waals surface area (Å²) in [7, 11) is 1.50. The summed E-state index contributed by atoms with van der Waals surface area (Å²) in [5, 5.41) is 15.4. The summed E-state index contributed by atoms with van der Waals surface area (Å²) >= 11 is 0. The van der Waals surface area contributed by atoms with E-state index in [2.05, 4.69) is 54.0 Å². The number of unbranched alkanes of at least 4 members (excludes halogenated alkanes) is 6. The Kier molecular flexibility index (Phi) is 21.1. The lowest BCUT2D eigenvalue weighted by molar-refractivity contribution is -0.121. The number of carbonyl (C=O) groups is 2. The number of hydrogen-bond acceptors (Lipinski definition) is 4. The van der Waals surface area contributed by atoms with Gasteiger partial charge < -0.3 is 20.5 Å². The lowest BCUT2D eigenvalue weighted by Gasteiger charge is -2.06. The molecule has 6 nitrogen and oxygen atoms in total. The van der Waals surface area contributed by atoms with E-state index < -0.39 is 0 Å². The zero-order chi connectivity index (χ0) is 29.1. The maximum Gasteiger partial charge on any atom is 0.243 e. The minimum Gasteiger partial charge on any atom is -0.504 e. The van der Waals surface area contributed by atoms with Gasteiger partial charge in [-0.1, -0.05) is 86.9 Å². The van der Waals surface area contributed by atoms with Crippen molar-refractivity contribution < 1.29 is 19.4 Å². The van der Waals surface area contributed by atoms with Crippen LogP contribution in [0.4, 0.5) is 0 Å². The van der Waals surface area contributed by atoms with Crippen LogP contribution in [0.3, 0.4) is 0 Å². The number of methoxy groups -OCH3 is 1. The molecule has 0 aliphatic rings. The summed E-state index contributed by atoms with van der Waals surface area (Å²) in [4.78, 5) is 23.9. The van der Waals surface area contributed by atoms with Crippen LogP contribution in [-0.4, -0.2) is 37.1 Å². The van der Waals surface area contributed by atoms with Gasteiger partial charge in [0.1, 0.15) is 0 Å². The Morgan fingerprint density at radius 2 is 1.50 bits per heavy atom. The molecule has 0 spiro atoms. The van der Waals surface area contributed by atoms with Crippen LogP contribution in [0.15, 0.2) is 72.9 Å². The minimum atomic E-state index is -0.156. The minimum absolute atomic E-state index is 0.0879. The number of amides is 2. The van der Waals surface area contributed by atoms with Crippen LogP contribution in [0, 0.1) is 0 Å². The van der Waals surface area contributed by atoms with E-state index in [1.807, 2.05) is 6.08 Å². The maximum atomic E-state index is 12.0. The highest BCUT2D eigenvalue weighted by molar-refractivity contribution is 5.87. The van der Waals surface area contributed by atoms with Gasteiger partial charge in [0.2, 0.25) is 11.8 Å². The van der Waals surface area contributed by atoms with Crippen LogP contribution < -0.4 is 15.4 Å². The molecule has 40 heavy (non-hydrogen) atoms. The van der Waals surface area contributed by atoms with Crippen molar-refractivity contribution in [2.45, 2.75) is 84.0 Å². The number of phenols is 1. The van der Waals surface area contributed by atoms with Crippen LogP contribution in [0.5, 0.6) is 11.5 Å². The number of hydrogen-bond donors (Lipinski definition) is 3. The molecule has 0 unspecified atom stereocenters. The third kappa shape index (κ3) is 19.5. The molecule has 6 heteroatoms. The van der Waals surface area contributed by atoms with Gasteiger partial charge in [-0.15, -0.1) is 0 Å². The van der Waals surface area contributed by atoms with Crippen molar-refractivity contribution >= 4 is 17.9 Å². The zero-order valence-electron chi connectivity index (χ0n) is 24.6. The van der Waals surface area contributed by atoms with Gasteiger partial charge in [-0.25, -0.2) is 0 Å². The Morgan fingerprint density at radius 1 is 0.825 bits per heavy atom. The first-order valence-electron chi connectivity index (χ1n) is 14.8. The normalized spacial score (nSPS) is 11.9. The van der Waals surface area contributed by atoms with Crippen LogP contribution in [0.25, 0.3) is 6.08 Å². The predicted octanol–water partition coefficient (Wildman–Crippen LogP) is 7.57. The van der Waals surface area contributed by atoms with Crippen LogP contribution >= 0.6 is 0 Å². The molecule has 1 aromatic carbocycles. The van der Waals surface area contributed by atoms with Gasteiger partial charge in [0, 0.05) is 25.6 Å². The van der Waals surface area contributed by atoms with Gasteiger partial charge in [0.15, 0.2) is 11.5 Å². The predicted molar refractivity (Wildman–Crippen MR) is 167 cm³/mol. The number of ether oxygens (including phenoxy) is 1. The van der Waals surface area contributed by atoms with E-state index in [0.717, 1.165) is 56.9 Å². The number of benzene rings is 1. The molecule has 0 atom stereocenters. The number of carbonyl (C=O) groups excluding carboxylic acids is 2. The summed E-state index contributed by atoms with van der Waals surface area (Å²) in [6.45, 7) is 3.36. The first kappa shape index (κ1) is 34.5. The topological polar surface area (TPSA) is 87.7 Å². The molecule has 220 valence electrons. The smallest absolute Gasteiger partial charge is 0.243 e. The van der Waals surface area contributed by atoms with E-state index in [1.54, 1.807) is 30.4 Å². The van der Waals surface area contributed by atoms with Crippen LogP contribution in [0.2, 0.25) is 0 Å². The lowest BCUT2D eigenvalue weighted by Crippen LogP contribution is -2.26. The van der Waals surface area contributed by atoms with Crippen molar-refractivity contribution in [2.24, 2.45) is 0 Å². The highest BCUT2D eigenvalue weighted by atomic mass is 16.5. The van der Waals surface area contributed by atoms with E-state index in [-0.39, 0.29) is 17.6 Å². The Labute approximate surface area is 242 Å². The molecule has 1 aromatic rings. The Morgan fingerprint density at radius 3 is 2.25 bits per heavy atom. The van der Waals surface area contributed by atoms with Crippen molar-refractivity contribution in [3.05, 3.63) is 78.4 Å². The lowest BCUT2D eigenvalue weighted by atomic mass is 10.1. The van der Waals surface area contributed by atoms with Crippen molar-refractivity contribution in [2.75, 3.05) is 20.2 Å². The van der Waals surface area contributed by atoms with Gasteiger partial charge in [-0.2, -0.15) is 0 Å². The van der Waals surface area contributed by atoms with E-state index >= 15 is 0 Å². The standard InChI is InChI=1S/C34H50N2O4/c1-3-4-5-6-7-8-9-10-11-12-13-14-15-16-17-23-33(38)35-27-20-21-28-36-34(39)24-19-18-22-30-25-26-31(37)32(29-30)40-2/h4-5,7-8,10-11,18-19,22,24-26,29,37H,3,6,9,12-17,20-21,23,27-28H2,1-2H3,(H,35,38)(H,36,39). The number of nitrogens with one attached hydrogen (secondary N) is 2. The second kappa shape index (κ2) is 24.5. The maximum absolute atomic E-state index is 12.0.